The second kappa shape index (κ2) is 6.49. The van der Waals surface area contributed by atoms with Crippen LogP contribution in [0.4, 0.5) is 23.0 Å². The van der Waals surface area contributed by atoms with Crippen LogP contribution in [0, 0.1) is 5.41 Å². The highest BCUT2D eigenvalue weighted by molar-refractivity contribution is 6.01. The SMILES string of the molecule is CCC12C3=C(C4N(C)C=CN4c4ccccc43)C1(CC)C1N(C)c3nccnc3N1c1ccccc12. The lowest BCUT2D eigenvalue weighted by Gasteiger charge is -2.71. The summed E-state index contributed by atoms with van der Waals surface area (Å²) >= 11 is 0. The van der Waals surface area contributed by atoms with Gasteiger partial charge in [0.25, 0.3) is 0 Å². The second-order valence-electron chi connectivity index (χ2n) is 10.7. The Morgan fingerprint density at radius 2 is 1.56 bits per heavy atom. The first-order valence-corrected chi connectivity index (χ1v) is 13.1. The van der Waals surface area contributed by atoms with Gasteiger partial charge in [-0.2, -0.15) is 0 Å². The first-order valence-electron chi connectivity index (χ1n) is 13.1. The van der Waals surface area contributed by atoms with E-state index in [1.54, 1.807) is 5.57 Å². The van der Waals surface area contributed by atoms with Gasteiger partial charge < -0.3 is 19.6 Å². The molecule has 0 fully saturated rings. The van der Waals surface area contributed by atoms with Crippen LogP contribution < -0.4 is 14.7 Å². The zero-order chi connectivity index (χ0) is 24.4. The van der Waals surface area contributed by atoms with Crippen LogP contribution in [0.3, 0.4) is 0 Å². The summed E-state index contributed by atoms with van der Waals surface area (Å²) < 4.78 is 0. The predicted molar refractivity (Wildman–Crippen MR) is 144 cm³/mol. The van der Waals surface area contributed by atoms with E-state index in [-0.39, 0.29) is 23.2 Å². The van der Waals surface area contributed by atoms with Gasteiger partial charge in [0.15, 0.2) is 11.6 Å². The molecule has 0 radical (unpaired) electrons. The van der Waals surface area contributed by atoms with Gasteiger partial charge in [0.1, 0.15) is 12.3 Å². The van der Waals surface area contributed by atoms with E-state index in [4.69, 9.17) is 9.97 Å². The van der Waals surface area contributed by atoms with Crippen molar-refractivity contribution in [2.24, 2.45) is 5.41 Å². The third-order valence-electron chi connectivity index (χ3n) is 9.75. The summed E-state index contributed by atoms with van der Waals surface area (Å²) in [5.41, 5.74) is 8.27. The molecule has 5 heterocycles. The highest BCUT2D eigenvalue weighted by atomic mass is 15.5. The lowest BCUT2D eigenvalue weighted by atomic mass is 9.37. The van der Waals surface area contributed by atoms with Crippen molar-refractivity contribution >= 4 is 28.6 Å². The summed E-state index contributed by atoms with van der Waals surface area (Å²) in [5.74, 6) is 1.94. The molecule has 2 aromatic carbocycles. The molecule has 3 aromatic rings. The third-order valence-corrected chi connectivity index (χ3v) is 9.75. The Hall–Kier alpha value is -3.80. The number of benzene rings is 2. The van der Waals surface area contributed by atoms with Gasteiger partial charge in [0, 0.05) is 61.0 Å². The van der Waals surface area contributed by atoms with Crippen molar-refractivity contribution in [2.45, 2.75) is 44.4 Å². The molecule has 0 N–H and O–H groups in total. The zero-order valence-corrected chi connectivity index (χ0v) is 21.2. The number of nitrogens with zero attached hydrogens (tertiary/aromatic N) is 6. The summed E-state index contributed by atoms with van der Waals surface area (Å²) in [6.45, 7) is 4.79. The van der Waals surface area contributed by atoms with Crippen LogP contribution >= 0.6 is 0 Å². The minimum atomic E-state index is -0.112. The largest absolute Gasteiger partial charge is 0.355 e. The smallest absolute Gasteiger partial charge is 0.178 e. The van der Waals surface area contributed by atoms with Crippen LogP contribution in [0.2, 0.25) is 0 Å². The van der Waals surface area contributed by atoms with Crippen molar-refractivity contribution in [3.8, 4) is 0 Å². The van der Waals surface area contributed by atoms with Crippen LogP contribution in [-0.2, 0) is 5.41 Å². The number of fused-ring (bicyclic) bond motifs is 15. The van der Waals surface area contributed by atoms with Crippen LogP contribution in [0.1, 0.15) is 37.8 Å². The fraction of sp³-hybridized carbons (Fsp3) is 0.333. The molecule has 4 unspecified atom stereocenters. The van der Waals surface area contributed by atoms with Gasteiger partial charge in [-0.1, -0.05) is 50.2 Å². The molecule has 4 aliphatic heterocycles. The van der Waals surface area contributed by atoms with Crippen LogP contribution in [0.15, 0.2) is 78.9 Å². The van der Waals surface area contributed by atoms with Crippen molar-refractivity contribution in [1.82, 2.24) is 14.9 Å². The maximum absolute atomic E-state index is 4.88. The Balaban J connectivity index is 1.53. The highest BCUT2D eigenvalue weighted by Crippen LogP contribution is 2.78. The first kappa shape index (κ1) is 20.4. The number of rotatable bonds is 2. The van der Waals surface area contributed by atoms with E-state index in [1.807, 2.05) is 12.4 Å². The van der Waals surface area contributed by atoms with E-state index in [0.29, 0.717) is 0 Å². The normalized spacial score (nSPS) is 30.2. The second-order valence-corrected chi connectivity index (χ2v) is 10.7. The number of likely N-dealkylation sites (N-methyl/N-ethyl adjacent to an activating group) is 1. The monoisotopic (exact) mass is 474 g/mol. The van der Waals surface area contributed by atoms with E-state index in [9.17, 15) is 0 Å². The standard InChI is InChI=1S/C30H30N6/c1-5-29-20-12-8-10-14-22(20)36-26-25(31-15-16-32-26)34(4)28(36)30(29,6-2)24-23(29)19-11-7-9-13-21(19)35-18-17-33(3)27(24)35/h7-18,27-28H,5-6H2,1-4H3. The Morgan fingerprint density at radius 1 is 0.833 bits per heavy atom. The van der Waals surface area contributed by atoms with Gasteiger partial charge in [-0.05, 0) is 41.7 Å². The van der Waals surface area contributed by atoms with E-state index < -0.39 is 0 Å². The Kier molecular flexibility index (Phi) is 3.68. The number of allylic oxidation sites excluding steroid dienone is 1. The fourth-order valence-corrected chi connectivity index (χ4v) is 8.66. The molecule has 6 nitrogen and oxygen atoms in total. The number of hydrogen-bond acceptors (Lipinski definition) is 6. The molecule has 1 aromatic heterocycles. The van der Waals surface area contributed by atoms with Crippen molar-refractivity contribution in [3.05, 3.63) is 90.0 Å². The minimum absolute atomic E-state index is 0.100. The molecule has 0 amide bonds. The molecule has 1 aliphatic carbocycles. The molecule has 36 heavy (non-hydrogen) atoms. The quantitative estimate of drug-likeness (QED) is 0.490. The van der Waals surface area contributed by atoms with Crippen molar-refractivity contribution < 1.29 is 0 Å². The molecule has 4 atom stereocenters. The average molecular weight is 475 g/mol. The number of anilines is 4. The molecule has 0 spiro atoms. The minimum Gasteiger partial charge on any atom is -0.355 e. The van der Waals surface area contributed by atoms with Crippen LogP contribution in [-0.4, -0.2) is 41.3 Å². The molecule has 180 valence electrons. The van der Waals surface area contributed by atoms with Gasteiger partial charge >= 0.3 is 0 Å². The van der Waals surface area contributed by atoms with Crippen molar-refractivity contribution in [2.75, 3.05) is 28.8 Å². The molecule has 0 bridgehead atoms. The zero-order valence-electron chi connectivity index (χ0n) is 21.2. The van der Waals surface area contributed by atoms with Crippen LogP contribution in [0.25, 0.3) is 5.57 Å². The van der Waals surface area contributed by atoms with Crippen molar-refractivity contribution in [3.63, 3.8) is 0 Å². The van der Waals surface area contributed by atoms with E-state index in [0.717, 1.165) is 24.5 Å². The molecular formula is C30H30N6. The van der Waals surface area contributed by atoms with E-state index in [2.05, 4.69) is 108 Å². The summed E-state index contributed by atoms with van der Waals surface area (Å²) in [5, 5.41) is 0. The summed E-state index contributed by atoms with van der Waals surface area (Å²) in [6, 6.07) is 18.1. The highest BCUT2D eigenvalue weighted by Gasteiger charge is 2.75. The summed E-state index contributed by atoms with van der Waals surface area (Å²) in [7, 11) is 4.44. The Bertz CT molecular complexity index is 1510. The van der Waals surface area contributed by atoms with Gasteiger partial charge in [-0.15, -0.1) is 0 Å². The maximum atomic E-state index is 4.88. The summed E-state index contributed by atoms with van der Waals surface area (Å²) in [4.78, 5) is 19.5. The van der Waals surface area contributed by atoms with E-state index in [1.165, 1.54) is 28.1 Å². The molecule has 0 saturated carbocycles. The molecular weight excluding hydrogens is 444 g/mol. The van der Waals surface area contributed by atoms with Crippen molar-refractivity contribution in [1.29, 1.82) is 0 Å². The lowest BCUT2D eigenvalue weighted by molar-refractivity contribution is 0.0904. The maximum Gasteiger partial charge on any atom is 0.178 e. The fourth-order valence-electron chi connectivity index (χ4n) is 8.66. The summed E-state index contributed by atoms with van der Waals surface area (Å²) in [6.07, 6.45) is 10.5. The number of para-hydroxylation sites is 2. The Labute approximate surface area is 212 Å². The predicted octanol–water partition coefficient (Wildman–Crippen LogP) is 5.48. The van der Waals surface area contributed by atoms with E-state index >= 15 is 0 Å². The number of hydrogen-bond donors (Lipinski definition) is 0. The third kappa shape index (κ3) is 1.87. The van der Waals surface area contributed by atoms with Gasteiger partial charge in [-0.25, -0.2) is 9.97 Å². The molecule has 8 rings (SSSR count). The molecule has 0 saturated heterocycles. The number of aromatic nitrogens is 2. The lowest BCUT2D eigenvalue weighted by Crippen LogP contribution is -2.73. The van der Waals surface area contributed by atoms with Gasteiger partial charge in [0.2, 0.25) is 0 Å². The molecule has 6 heteroatoms. The molecule has 5 aliphatic rings. The van der Waals surface area contributed by atoms with Crippen LogP contribution in [0.5, 0.6) is 0 Å². The van der Waals surface area contributed by atoms with Gasteiger partial charge in [-0.3, -0.25) is 0 Å². The Morgan fingerprint density at radius 3 is 2.33 bits per heavy atom. The topological polar surface area (TPSA) is 38.7 Å². The van der Waals surface area contributed by atoms with Gasteiger partial charge in [0.05, 0.1) is 5.69 Å². The first-order chi connectivity index (χ1) is 17.6. The average Bonchev–Trinajstić information content (AvgIpc) is 3.43.